The van der Waals surface area contributed by atoms with E-state index in [9.17, 15) is 0 Å². The molecule has 1 aliphatic rings. The molecule has 1 unspecified atom stereocenters. The van der Waals surface area contributed by atoms with Crippen LogP contribution in [0.15, 0.2) is 0 Å². The van der Waals surface area contributed by atoms with E-state index in [1.807, 2.05) is 0 Å². The second-order valence-corrected chi connectivity index (χ2v) is 1.24. The van der Waals surface area contributed by atoms with E-state index in [0.29, 0.717) is 6.10 Å². The van der Waals surface area contributed by atoms with Crippen LogP contribution in [0.5, 0.6) is 0 Å². The molecule has 0 bridgehead atoms. The molecule has 1 atom stereocenters. The zero-order valence-corrected chi connectivity index (χ0v) is 10.2. The fraction of sp³-hybridized carbons (Fsp3) is 0.750. The maximum atomic E-state index is 4.80. The summed E-state index contributed by atoms with van der Waals surface area (Å²) in [4.78, 5) is 0. The standard InChI is InChI=1S/C4H7O.Rf/c1-2-4-3-5-4;/h4H,1-3H2;/q-1;. The molecule has 1 saturated heterocycles. The van der Waals surface area contributed by atoms with Gasteiger partial charge in [0.1, 0.15) is 0 Å². The molecule has 2 heteroatoms. The molecule has 0 aliphatic carbocycles. The third-order valence-corrected chi connectivity index (χ3v) is 0.724. The van der Waals surface area contributed by atoms with Gasteiger partial charge in [-0.2, -0.15) is 6.42 Å². The molecule has 0 saturated carbocycles. The van der Waals surface area contributed by atoms with Gasteiger partial charge < -0.3 is 11.7 Å². The molecular weight excluding hydrogens is 331 g/mol. The van der Waals surface area contributed by atoms with Crippen LogP contribution >= 0.6 is 0 Å². The van der Waals surface area contributed by atoms with Crippen molar-refractivity contribution in [3.63, 3.8) is 0 Å². The van der Waals surface area contributed by atoms with Crippen LogP contribution in [0.4, 0.5) is 0 Å². The normalized spacial score (nSPS) is 28.5. The molecule has 0 radical (unpaired) electrons. The van der Waals surface area contributed by atoms with Crippen LogP contribution in [0.1, 0.15) is 6.42 Å². The Labute approximate surface area is 31.9 Å². The van der Waals surface area contributed by atoms with Crippen LogP contribution in [-0.4, -0.2) is 12.7 Å². The van der Waals surface area contributed by atoms with Gasteiger partial charge in [-0.3, -0.25) is 0 Å². The fourth-order valence-corrected chi connectivity index (χ4v) is 0.235. The molecule has 6 heavy (non-hydrogen) atoms. The predicted octanol–water partition coefficient (Wildman–Crippen LogP) is 0.609. The summed E-state index contributed by atoms with van der Waals surface area (Å²) in [6, 6.07) is 0. The van der Waals surface area contributed by atoms with Crippen LogP contribution in [0.3, 0.4) is 0 Å². The monoisotopic (exact) mass is 338 g/mol. The van der Waals surface area contributed by atoms with E-state index in [2.05, 4.69) is 6.92 Å². The van der Waals surface area contributed by atoms with Crippen LogP contribution in [0.2, 0.25) is 0 Å². The van der Waals surface area contributed by atoms with E-state index in [1.165, 1.54) is 0 Å². The van der Waals surface area contributed by atoms with Gasteiger partial charge in [-0.15, -0.1) is 0 Å². The number of ether oxygens (including phenoxy) is 1. The largest absolute Gasteiger partial charge is 0.376 e. The molecule has 1 heterocycles. The molecule has 0 spiro atoms. The van der Waals surface area contributed by atoms with Crippen molar-refractivity contribution in [3.05, 3.63) is 6.92 Å². The molecule has 1 fully saturated rings. The van der Waals surface area contributed by atoms with Crippen LogP contribution < -0.4 is 0 Å². The minimum absolute atomic E-state index is 0. The maximum Gasteiger partial charge on any atom is 0.0707 e. The summed E-state index contributed by atoms with van der Waals surface area (Å²) in [5.74, 6) is 0. The molecular formula is C4H7ORf-. The Morgan fingerprint density at radius 1 is 1.83 bits per heavy atom. The summed E-state index contributed by atoms with van der Waals surface area (Å²) in [5.41, 5.74) is 0. The van der Waals surface area contributed by atoms with Crippen molar-refractivity contribution in [2.45, 2.75) is 12.5 Å². The first-order valence-corrected chi connectivity index (χ1v) is 1.84. The second kappa shape index (κ2) is 1.41. The molecule has 0 aromatic carbocycles. The Morgan fingerprint density at radius 3 is 2.33 bits per heavy atom. The Morgan fingerprint density at radius 2 is 2.33 bits per heavy atom. The van der Waals surface area contributed by atoms with Crippen LogP contribution in [0.25, 0.3) is 0 Å². The van der Waals surface area contributed by atoms with Gasteiger partial charge in [-0.1, -0.05) is 0 Å². The number of hydrogen-bond acceptors (Lipinski definition) is 1. The zero-order chi connectivity index (χ0) is 3.70. The van der Waals surface area contributed by atoms with E-state index in [4.69, 9.17) is 4.74 Å². The van der Waals surface area contributed by atoms with Gasteiger partial charge in [0.2, 0.25) is 0 Å². The van der Waals surface area contributed by atoms with Crippen molar-refractivity contribution < 1.29 is 4.74 Å². The summed E-state index contributed by atoms with van der Waals surface area (Å²) in [5, 5.41) is 0. The Bertz CT molecular complexity index is 34.5. The first-order chi connectivity index (χ1) is 2.43. The van der Waals surface area contributed by atoms with Gasteiger partial charge in [-0.05, 0) is 0 Å². The van der Waals surface area contributed by atoms with Crippen molar-refractivity contribution in [2.75, 3.05) is 6.61 Å². The van der Waals surface area contributed by atoms with E-state index in [0.717, 1.165) is 13.0 Å². The smallest absolute Gasteiger partial charge is 0.0707 e. The van der Waals surface area contributed by atoms with E-state index >= 15 is 0 Å². The van der Waals surface area contributed by atoms with Crippen molar-refractivity contribution in [3.8, 4) is 0 Å². The molecule has 0 amide bonds. The Hall–Kier alpha value is -1.04. The predicted molar refractivity (Wildman–Crippen MR) is 19.7 cm³/mol. The zero-order valence-electron chi connectivity index (χ0n) is 3.81. The molecule has 0 N–H and O–H groups in total. The second-order valence-electron chi connectivity index (χ2n) is 1.24. The van der Waals surface area contributed by atoms with Gasteiger partial charge in [0.15, 0.2) is 0 Å². The van der Waals surface area contributed by atoms with Gasteiger partial charge >= 0.3 is 0 Å². The summed E-state index contributed by atoms with van der Waals surface area (Å²) in [6.45, 7) is 4.57. The van der Waals surface area contributed by atoms with E-state index < -0.39 is 0 Å². The number of rotatable bonds is 1. The van der Waals surface area contributed by atoms with Crippen molar-refractivity contribution in [1.29, 1.82) is 0 Å². The van der Waals surface area contributed by atoms with Gasteiger partial charge in [-0.25, -0.2) is 0 Å². The summed E-state index contributed by atoms with van der Waals surface area (Å²) >= 11 is 0. The van der Waals surface area contributed by atoms with Crippen molar-refractivity contribution in [2.24, 2.45) is 0 Å². The molecule has 1 aliphatic heterocycles. The van der Waals surface area contributed by atoms with Gasteiger partial charge in [0.05, 0.1) is 12.7 Å². The van der Waals surface area contributed by atoms with Crippen LogP contribution in [0, 0.1) is 6.92 Å². The number of hydrogen-bond donors (Lipinski definition) is 0. The van der Waals surface area contributed by atoms with E-state index in [-0.39, 0.29) is 0 Å². The summed E-state index contributed by atoms with van der Waals surface area (Å²) in [7, 11) is 0. The molecule has 32 valence electrons. The molecule has 1 rings (SSSR count). The maximum absolute atomic E-state index is 4.80. The molecule has 0 aromatic heterocycles. The van der Waals surface area contributed by atoms with Crippen LogP contribution in [-0.2, 0) is 4.74 Å². The SMILES string of the molecule is [CH2-]CC1CO1.[Rf]. The molecule has 0 aromatic rings. The van der Waals surface area contributed by atoms with Gasteiger partial charge in [0.25, 0.3) is 0 Å². The Kier molecular flexibility index (Phi) is 1.17. The summed E-state index contributed by atoms with van der Waals surface area (Å²) < 4.78 is 4.80. The van der Waals surface area contributed by atoms with Crippen molar-refractivity contribution >= 4 is 0 Å². The first-order valence-electron chi connectivity index (χ1n) is 1.84. The van der Waals surface area contributed by atoms with E-state index in [1.54, 1.807) is 0 Å². The third-order valence-electron chi connectivity index (χ3n) is 0.724. The Balaban J connectivity index is 0.000000250. The minimum Gasteiger partial charge on any atom is -0.376 e. The molecule has 1 nitrogen and oxygen atoms in total. The third kappa shape index (κ3) is 0.725. The quantitative estimate of drug-likeness (QED) is 0.504. The van der Waals surface area contributed by atoms with Crippen molar-refractivity contribution in [1.82, 2.24) is 0 Å². The minimum atomic E-state index is 0. The summed E-state index contributed by atoms with van der Waals surface area (Å²) in [6.07, 6.45) is 1.47. The average Bonchev–Trinajstić information content (AvgIpc) is 2.12. The number of epoxide rings is 1. The fourth-order valence-electron chi connectivity index (χ4n) is 0.235. The first kappa shape index (κ1) is 4.96. The average molecular weight is 338 g/mol. The van der Waals surface area contributed by atoms with Gasteiger partial charge in [0, 0.05) is 0 Å². The topological polar surface area (TPSA) is 12.5 Å².